The molecule has 5 rings (SSSR count). The van der Waals surface area contributed by atoms with E-state index < -0.39 is 18.5 Å². The predicted molar refractivity (Wildman–Crippen MR) is 182 cm³/mol. The van der Waals surface area contributed by atoms with Gasteiger partial charge in [-0.05, 0) is 98.2 Å². The van der Waals surface area contributed by atoms with Crippen molar-refractivity contribution in [1.29, 1.82) is 0 Å². The molecule has 3 aromatic rings. The molecule has 10 nitrogen and oxygen atoms in total. The van der Waals surface area contributed by atoms with Crippen LogP contribution in [0.5, 0.6) is 0 Å². The molecule has 0 spiro atoms. The maximum Gasteiger partial charge on any atom is 0.322 e. The fourth-order valence-electron chi connectivity index (χ4n) is 6.04. The third-order valence-electron chi connectivity index (χ3n) is 8.67. The van der Waals surface area contributed by atoms with Crippen molar-refractivity contribution in [2.75, 3.05) is 6.54 Å². The van der Waals surface area contributed by atoms with Gasteiger partial charge in [0.05, 0.1) is 22.8 Å². The second-order valence-electron chi connectivity index (χ2n) is 11.5. The van der Waals surface area contributed by atoms with E-state index in [2.05, 4.69) is 28.4 Å². The van der Waals surface area contributed by atoms with Gasteiger partial charge >= 0.3 is 11.9 Å². The number of aryl methyl sites for hydroxylation is 2. The van der Waals surface area contributed by atoms with Gasteiger partial charge < -0.3 is 25.5 Å². The molecule has 8 bridgehead atoms. The van der Waals surface area contributed by atoms with Crippen LogP contribution in [0.25, 0.3) is 56.5 Å². The molecule has 0 atom stereocenters. The molecule has 46 heavy (non-hydrogen) atoms. The number of hydrogen-bond acceptors (Lipinski definition) is 5. The van der Waals surface area contributed by atoms with Crippen LogP contribution in [-0.2, 0) is 14.4 Å². The highest BCUT2D eigenvalue weighted by molar-refractivity contribution is 5.97. The average molecular weight is 620 g/mol. The number of hydrogen-bond donors (Lipinski definition) is 5. The van der Waals surface area contributed by atoms with Crippen LogP contribution >= 0.6 is 0 Å². The van der Waals surface area contributed by atoms with E-state index >= 15 is 0 Å². The van der Waals surface area contributed by atoms with E-state index in [0.717, 1.165) is 66.6 Å². The summed E-state index contributed by atoms with van der Waals surface area (Å²) in [5, 5.41) is 20.9. The van der Waals surface area contributed by atoms with Crippen LogP contribution in [0.3, 0.4) is 0 Å². The minimum atomic E-state index is -1.12. The van der Waals surface area contributed by atoms with Crippen LogP contribution in [0.2, 0.25) is 0 Å². The molecule has 1 amide bonds. The molecular formula is C36H37N5O5. The van der Waals surface area contributed by atoms with Gasteiger partial charge in [-0.3, -0.25) is 14.4 Å². The van der Waals surface area contributed by atoms with Crippen LogP contribution in [-0.4, -0.2) is 54.5 Å². The van der Waals surface area contributed by atoms with Crippen LogP contribution < -0.4 is 5.32 Å². The van der Waals surface area contributed by atoms with Gasteiger partial charge in [-0.1, -0.05) is 25.3 Å². The van der Waals surface area contributed by atoms with Gasteiger partial charge in [0.15, 0.2) is 0 Å². The van der Waals surface area contributed by atoms with E-state index in [0.29, 0.717) is 29.2 Å². The first kappa shape index (κ1) is 31.9. The molecule has 236 valence electrons. The number of allylic oxidation sites excluding steroid dienone is 4. The summed E-state index contributed by atoms with van der Waals surface area (Å²) in [6.45, 7) is 15.6. The minimum Gasteiger partial charge on any atom is -0.481 e. The zero-order chi connectivity index (χ0) is 33.3. The summed E-state index contributed by atoms with van der Waals surface area (Å²) in [5.41, 5.74) is 13.4. The number of aromatic amines is 2. The lowest BCUT2D eigenvalue weighted by Gasteiger charge is -2.06. The molecule has 0 unspecified atom stereocenters. The van der Waals surface area contributed by atoms with Gasteiger partial charge in [0, 0.05) is 46.0 Å². The first-order valence-electron chi connectivity index (χ1n) is 15.0. The number of H-pyrrole nitrogens is 2. The van der Waals surface area contributed by atoms with E-state index in [-0.39, 0.29) is 25.2 Å². The molecule has 5 N–H and O–H groups in total. The summed E-state index contributed by atoms with van der Waals surface area (Å²) in [5.74, 6) is -2.40. The molecular weight excluding hydrogens is 582 g/mol. The Kier molecular flexibility index (Phi) is 8.91. The fourth-order valence-corrected chi connectivity index (χ4v) is 6.04. The first-order valence-corrected chi connectivity index (χ1v) is 15.0. The highest BCUT2D eigenvalue weighted by Crippen LogP contribution is 2.38. The molecule has 5 heterocycles. The lowest BCUT2D eigenvalue weighted by Crippen LogP contribution is -2.28. The molecule has 2 aliphatic heterocycles. The molecule has 0 aliphatic carbocycles. The van der Waals surface area contributed by atoms with Crippen LogP contribution in [0, 0.1) is 13.8 Å². The Morgan fingerprint density at radius 3 is 1.67 bits per heavy atom. The standard InChI is InChI=1S/C36H37N5O5/c1-7-22-18(3)26-13-27-21(6)25(10-12-35(43)44)33(40-27)16-32-24(9-11-34(42)37-17-36(45)46)20(5)29(41-32)15-31-23(8-2)19(4)28(39-31)14-30(22)38-26/h7-8,13-16,38-39H,1-2,9-12,17H2,3-6H3,(H,37,42)(H,43,44)(H,45,46). The second-order valence-corrected chi connectivity index (χ2v) is 11.5. The number of carboxylic acids is 2. The van der Waals surface area contributed by atoms with Gasteiger partial charge in [-0.25, -0.2) is 9.97 Å². The number of amides is 1. The van der Waals surface area contributed by atoms with Crippen molar-refractivity contribution in [3.63, 3.8) is 0 Å². The maximum atomic E-state index is 12.5. The SMILES string of the molecule is C=Cc1c(C)c2cc3[nH]c(cc4nc(cc5nc(cc1[nH]2)C(C)=C5CCC(=O)NCC(=O)O)C(CCC(=O)O)=C4C)c(C)c3C=C. The zero-order valence-electron chi connectivity index (χ0n) is 26.4. The molecule has 0 saturated carbocycles. The Bertz CT molecular complexity index is 2060. The molecule has 0 saturated heterocycles. The number of carbonyl (C=O) groups is 3. The summed E-state index contributed by atoms with van der Waals surface area (Å²) in [6.07, 6.45) is 4.24. The largest absolute Gasteiger partial charge is 0.481 e. The number of rotatable bonds is 10. The summed E-state index contributed by atoms with van der Waals surface area (Å²) in [7, 11) is 0. The van der Waals surface area contributed by atoms with Crippen molar-refractivity contribution in [2.24, 2.45) is 0 Å². The predicted octanol–water partition coefficient (Wildman–Crippen LogP) is 6.92. The van der Waals surface area contributed by atoms with Crippen molar-refractivity contribution < 1.29 is 24.6 Å². The van der Waals surface area contributed by atoms with Crippen molar-refractivity contribution in [3.05, 3.63) is 82.5 Å². The molecule has 10 heteroatoms. The average Bonchev–Trinajstić information content (AvgIpc) is 3.66. The van der Waals surface area contributed by atoms with Crippen molar-refractivity contribution in [2.45, 2.75) is 53.4 Å². The van der Waals surface area contributed by atoms with Crippen molar-refractivity contribution in [1.82, 2.24) is 25.3 Å². The minimum absolute atomic E-state index is 0.0597. The third kappa shape index (κ3) is 6.19. The molecule has 0 radical (unpaired) electrons. The summed E-state index contributed by atoms with van der Waals surface area (Å²) in [6, 6.07) is 7.84. The Morgan fingerprint density at radius 1 is 0.696 bits per heavy atom. The highest BCUT2D eigenvalue weighted by atomic mass is 16.4. The number of nitrogens with zero attached hydrogens (tertiary/aromatic N) is 2. The van der Waals surface area contributed by atoms with Gasteiger partial charge in [0.2, 0.25) is 5.91 Å². The lowest BCUT2D eigenvalue weighted by atomic mass is 9.98. The quantitative estimate of drug-likeness (QED) is 0.164. The van der Waals surface area contributed by atoms with Gasteiger partial charge in [-0.15, -0.1) is 0 Å². The van der Waals surface area contributed by atoms with Crippen LogP contribution in [0.1, 0.15) is 84.6 Å². The van der Waals surface area contributed by atoms with Gasteiger partial charge in [-0.2, -0.15) is 0 Å². The first-order chi connectivity index (χ1) is 21.9. The number of fused-ring (bicyclic) bond motifs is 8. The van der Waals surface area contributed by atoms with Crippen LogP contribution in [0.4, 0.5) is 0 Å². The molecule has 3 aromatic heterocycles. The van der Waals surface area contributed by atoms with Crippen molar-refractivity contribution >= 4 is 74.4 Å². The maximum absolute atomic E-state index is 12.5. The Labute approximate surface area is 266 Å². The van der Waals surface area contributed by atoms with Crippen molar-refractivity contribution in [3.8, 4) is 0 Å². The van der Waals surface area contributed by atoms with E-state index in [1.54, 1.807) is 0 Å². The lowest BCUT2D eigenvalue weighted by molar-refractivity contribution is -0.138. The molecule has 0 fully saturated rings. The van der Waals surface area contributed by atoms with Crippen LogP contribution in [0.15, 0.2) is 37.4 Å². The Morgan fingerprint density at radius 2 is 1.17 bits per heavy atom. The Balaban J connectivity index is 1.83. The molecule has 0 aromatic carbocycles. The number of aliphatic carboxylic acids is 2. The fraction of sp³-hybridized carbons (Fsp3) is 0.250. The monoisotopic (exact) mass is 619 g/mol. The summed E-state index contributed by atoms with van der Waals surface area (Å²) in [4.78, 5) is 52.1. The summed E-state index contributed by atoms with van der Waals surface area (Å²) < 4.78 is 0. The normalized spacial score (nSPS) is 12.8. The smallest absolute Gasteiger partial charge is 0.322 e. The van der Waals surface area contributed by atoms with E-state index in [9.17, 15) is 19.5 Å². The molecule has 2 aliphatic rings. The number of nitrogens with one attached hydrogen (secondary N) is 3. The third-order valence-corrected chi connectivity index (χ3v) is 8.67. The Hall–Kier alpha value is -5.51. The van der Waals surface area contributed by atoms with E-state index in [1.165, 1.54) is 0 Å². The van der Waals surface area contributed by atoms with Gasteiger partial charge in [0.1, 0.15) is 6.54 Å². The number of aromatic nitrogens is 4. The number of carbonyl (C=O) groups excluding carboxylic acids is 1. The zero-order valence-corrected chi connectivity index (χ0v) is 26.4. The van der Waals surface area contributed by atoms with E-state index in [1.807, 2.05) is 64.1 Å². The second kappa shape index (κ2) is 12.8. The number of carboxylic acid groups (broad SMARTS) is 2. The topological polar surface area (TPSA) is 161 Å². The summed E-state index contributed by atoms with van der Waals surface area (Å²) >= 11 is 0. The highest BCUT2D eigenvalue weighted by Gasteiger charge is 2.23. The van der Waals surface area contributed by atoms with E-state index in [4.69, 9.17) is 15.1 Å². The van der Waals surface area contributed by atoms with Gasteiger partial charge in [0.25, 0.3) is 0 Å².